The van der Waals surface area contributed by atoms with E-state index in [2.05, 4.69) is 19.1 Å². The van der Waals surface area contributed by atoms with Crippen LogP contribution in [0.1, 0.15) is 73.9 Å². The molecule has 0 bridgehead atoms. The molecule has 0 heterocycles. The molecule has 2 aromatic rings. The van der Waals surface area contributed by atoms with Gasteiger partial charge in [-0.2, -0.15) is 0 Å². The number of esters is 1. The van der Waals surface area contributed by atoms with Crippen LogP contribution in [0.25, 0.3) is 0 Å². The topological polar surface area (TPSA) is 65.1 Å². The number of aryl methyl sites for hydroxylation is 1. The Bertz CT molecular complexity index is 950. The number of rotatable bonds is 15. The molecule has 0 N–H and O–H groups in total. The highest BCUT2D eigenvalue weighted by molar-refractivity contribution is 5.95. The van der Waals surface area contributed by atoms with Crippen molar-refractivity contribution in [3.05, 3.63) is 59.2 Å². The predicted octanol–water partition coefficient (Wildman–Crippen LogP) is 6.24. The Morgan fingerprint density at radius 3 is 2.03 bits per heavy atom. The third-order valence-electron chi connectivity index (χ3n) is 6.94. The minimum atomic E-state index is -0.542. The van der Waals surface area contributed by atoms with E-state index in [1.165, 1.54) is 12.7 Å². The molecule has 2 aromatic carbocycles. The third kappa shape index (κ3) is 8.00. The number of methoxy groups -OCH3 is 3. The van der Waals surface area contributed by atoms with Gasteiger partial charge in [0.1, 0.15) is 11.5 Å². The van der Waals surface area contributed by atoms with Crippen molar-refractivity contribution in [2.24, 2.45) is 5.41 Å². The van der Waals surface area contributed by atoms with Crippen LogP contribution in [-0.4, -0.2) is 51.2 Å². The molecule has 1 atom stereocenters. The van der Waals surface area contributed by atoms with Crippen LogP contribution in [0.2, 0.25) is 0 Å². The Morgan fingerprint density at radius 2 is 1.47 bits per heavy atom. The Hall–Kier alpha value is -3.02. The minimum Gasteiger partial charge on any atom is -0.496 e. The second kappa shape index (κ2) is 14.5. The van der Waals surface area contributed by atoms with E-state index in [0.29, 0.717) is 43.0 Å². The Kier molecular flexibility index (Phi) is 11.8. The molecule has 6 heteroatoms. The summed E-state index contributed by atoms with van der Waals surface area (Å²) in [6, 6.07) is 13.9. The first-order valence-corrected chi connectivity index (χ1v) is 12.9. The highest BCUT2D eigenvalue weighted by atomic mass is 16.5. The zero-order chi connectivity index (χ0) is 26.6. The van der Waals surface area contributed by atoms with Crippen LogP contribution >= 0.6 is 0 Å². The lowest BCUT2D eigenvalue weighted by molar-refractivity contribution is -0.152. The largest absolute Gasteiger partial charge is 0.496 e. The number of carbonyl (C=O) groups excluding carboxylic acids is 2. The van der Waals surface area contributed by atoms with Gasteiger partial charge in [-0.15, -0.1) is 0 Å². The number of amides is 1. The van der Waals surface area contributed by atoms with E-state index in [9.17, 15) is 9.59 Å². The highest BCUT2D eigenvalue weighted by Gasteiger charge is 2.33. The van der Waals surface area contributed by atoms with Gasteiger partial charge in [0.05, 0.1) is 26.7 Å². The van der Waals surface area contributed by atoms with E-state index >= 15 is 0 Å². The monoisotopic (exact) mass is 497 g/mol. The van der Waals surface area contributed by atoms with Crippen LogP contribution in [0.15, 0.2) is 42.5 Å². The number of unbranched alkanes of at least 4 members (excludes halogenated alkanes) is 1. The van der Waals surface area contributed by atoms with Gasteiger partial charge in [0.15, 0.2) is 0 Å². The van der Waals surface area contributed by atoms with E-state index in [1.807, 2.05) is 36.9 Å². The van der Waals surface area contributed by atoms with Crippen molar-refractivity contribution in [3.63, 3.8) is 0 Å². The summed E-state index contributed by atoms with van der Waals surface area (Å²) in [6.07, 6.45) is 5.89. The highest BCUT2D eigenvalue weighted by Crippen LogP contribution is 2.33. The average Bonchev–Trinajstić information content (AvgIpc) is 2.90. The van der Waals surface area contributed by atoms with E-state index in [1.54, 1.807) is 26.4 Å². The van der Waals surface area contributed by atoms with Crippen molar-refractivity contribution in [2.75, 3.05) is 34.4 Å². The number of ether oxygens (including phenoxy) is 3. The number of nitrogens with zero attached hydrogens (tertiary/aromatic N) is 1. The summed E-state index contributed by atoms with van der Waals surface area (Å²) in [7, 11) is 4.64. The van der Waals surface area contributed by atoms with Crippen molar-refractivity contribution in [2.45, 2.75) is 65.7 Å². The molecule has 0 aromatic heterocycles. The van der Waals surface area contributed by atoms with Crippen molar-refractivity contribution in [1.29, 1.82) is 0 Å². The van der Waals surface area contributed by atoms with Gasteiger partial charge in [-0.05, 0) is 63.6 Å². The Labute approximate surface area is 216 Å². The maximum Gasteiger partial charge on any atom is 0.311 e. The number of hydrogen-bond donors (Lipinski definition) is 0. The molecule has 36 heavy (non-hydrogen) atoms. The smallest absolute Gasteiger partial charge is 0.311 e. The first-order valence-electron chi connectivity index (χ1n) is 12.9. The number of hydrogen-bond acceptors (Lipinski definition) is 5. The van der Waals surface area contributed by atoms with Gasteiger partial charge in [0, 0.05) is 24.2 Å². The van der Waals surface area contributed by atoms with Gasteiger partial charge in [-0.25, -0.2) is 0 Å². The van der Waals surface area contributed by atoms with Crippen molar-refractivity contribution < 1.29 is 23.8 Å². The third-order valence-corrected chi connectivity index (χ3v) is 6.94. The number of carbonyl (C=O) groups is 2. The molecule has 1 amide bonds. The summed E-state index contributed by atoms with van der Waals surface area (Å²) >= 11 is 0. The minimum absolute atomic E-state index is 0.0620. The summed E-state index contributed by atoms with van der Waals surface area (Å²) in [5.41, 5.74) is 2.11. The molecule has 0 fully saturated rings. The average molecular weight is 498 g/mol. The van der Waals surface area contributed by atoms with E-state index < -0.39 is 5.41 Å². The molecule has 0 aliphatic rings. The molecule has 0 saturated heterocycles. The van der Waals surface area contributed by atoms with Gasteiger partial charge in [0.25, 0.3) is 5.91 Å². The lowest BCUT2D eigenvalue weighted by Crippen LogP contribution is -2.35. The molecule has 0 spiro atoms. The SMILES string of the molecule is CCCCC(C)(CCCN(CCCc1ccccc1)C(=O)c1cc(OC)c(C)c(OC)c1)C(=O)OC. The van der Waals surface area contributed by atoms with Crippen LogP contribution in [0.3, 0.4) is 0 Å². The van der Waals surface area contributed by atoms with Crippen LogP contribution in [-0.2, 0) is 16.0 Å². The van der Waals surface area contributed by atoms with E-state index in [0.717, 1.165) is 37.7 Å². The number of benzene rings is 2. The van der Waals surface area contributed by atoms with Crippen LogP contribution in [0.4, 0.5) is 0 Å². The van der Waals surface area contributed by atoms with E-state index in [-0.39, 0.29) is 11.9 Å². The first kappa shape index (κ1) is 29.2. The fourth-order valence-electron chi connectivity index (χ4n) is 4.63. The van der Waals surface area contributed by atoms with Gasteiger partial charge >= 0.3 is 5.97 Å². The molecule has 2 rings (SSSR count). The normalized spacial score (nSPS) is 12.5. The summed E-state index contributed by atoms with van der Waals surface area (Å²) in [6.45, 7) is 7.19. The quantitative estimate of drug-likeness (QED) is 0.273. The maximum absolute atomic E-state index is 13.7. The summed E-state index contributed by atoms with van der Waals surface area (Å²) in [5, 5.41) is 0. The van der Waals surface area contributed by atoms with Gasteiger partial charge in [0.2, 0.25) is 0 Å². The molecule has 198 valence electrons. The lowest BCUT2D eigenvalue weighted by Gasteiger charge is -2.29. The Morgan fingerprint density at radius 1 is 0.889 bits per heavy atom. The van der Waals surface area contributed by atoms with Crippen LogP contribution < -0.4 is 9.47 Å². The van der Waals surface area contributed by atoms with Gasteiger partial charge in [-0.1, -0.05) is 50.1 Å². The molecular weight excluding hydrogens is 454 g/mol. The molecule has 1 unspecified atom stereocenters. The summed E-state index contributed by atoms with van der Waals surface area (Å²) in [4.78, 5) is 28.1. The summed E-state index contributed by atoms with van der Waals surface area (Å²) < 4.78 is 16.1. The van der Waals surface area contributed by atoms with E-state index in [4.69, 9.17) is 14.2 Å². The fraction of sp³-hybridized carbons (Fsp3) is 0.533. The molecule has 0 aliphatic heterocycles. The van der Waals surface area contributed by atoms with Crippen LogP contribution in [0.5, 0.6) is 11.5 Å². The molecule has 6 nitrogen and oxygen atoms in total. The second-order valence-electron chi connectivity index (χ2n) is 9.65. The lowest BCUT2D eigenvalue weighted by atomic mass is 9.80. The van der Waals surface area contributed by atoms with Gasteiger partial charge in [-0.3, -0.25) is 9.59 Å². The van der Waals surface area contributed by atoms with Crippen molar-refractivity contribution >= 4 is 11.9 Å². The van der Waals surface area contributed by atoms with Gasteiger partial charge < -0.3 is 19.1 Å². The molecule has 0 radical (unpaired) electrons. The second-order valence-corrected chi connectivity index (χ2v) is 9.65. The molecular formula is C30H43NO5. The van der Waals surface area contributed by atoms with Crippen molar-refractivity contribution in [1.82, 2.24) is 4.90 Å². The Balaban J connectivity index is 2.20. The predicted molar refractivity (Wildman–Crippen MR) is 144 cm³/mol. The molecule has 0 aliphatic carbocycles. The maximum atomic E-state index is 13.7. The fourth-order valence-corrected chi connectivity index (χ4v) is 4.63. The zero-order valence-corrected chi connectivity index (χ0v) is 22.9. The van der Waals surface area contributed by atoms with Crippen molar-refractivity contribution in [3.8, 4) is 11.5 Å². The van der Waals surface area contributed by atoms with Crippen LogP contribution in [0, 0.1) is 12.3 Å². The first-order chi connectivity index (χ1) is 17.3. The summed E-state index contributed by atoms with van der Waals surface area (Å²) in [5.74, 6) is 1.01. The standard InChI is InChI=1S/C30H43NO5/c1-7-8-17-30(3,29(33)36-6)18-13-20-31(19-12-16-24-14-10-9-11-15-24)28(32)25-21-26(34-4)23(2)27(22-25)35-5/h9-11,14-15,21-22H,7-8,12-13,16-20H2,1-6H3. The molecule has 0 saturated carbocycles. The zero-order valence-electron chi connectivity index (χ0n) is 22.9.